The van der Waals surface area contributed by atoms with E-state index in [1.807, 2.05) is 35.0 Å². The summed E-state index contributed by atoms with van der Waals surface area (Å²) in [6.45, 7) is 15.6. The lowest BCUT2D eigenvalue weighted by atomic mass is 10.1. The Morgan fingerprint density at radius 3 is 2.00 bits per heavy atom. The largest absolute Gasteiger partial charge is 0.497 e. The maximum Gasteiger partial charge on any atom is 0.243 e. The standard InChI is InChI=1S/C33H48N6O3Si/c1-9-10-27(19-22-42-43(7,8)33(2,3)4)35-32-36-31(30-34-20-21-39(30)37-32)38(23-25-11-15-28(40-5)16-12-25)24-26-13-17-29(41-6)18-14-26/h11-18,20-21,27H,9-10,19,22-24H2,1-8H3,(H,35,37). The Morgan fingerprint density at radius 2 is 1.49 bits per heavy atom. The SMILES string of the molecule is CCCC(CCO[Si](C)(C)C(C)(C)C)Nc1nc(N(Cc2ccc(OC)cc2)Cc2ccc(OC)cc2)c2nccn2n1. The zero-order chi connectivity index (χ0) is 31.0. The van der Waals surface area contributed by atoms with Crippen LogP contribution in [-0.2, 0) is 17.5 Å². The highest BCUT2D eigenvalue weighted by molar-refractivity contribution is 6.74. The van der Waals surface area contributed by atoms with Crippen molar-refractivity contribution in [1.29, 1.82) is 0 Å². The van der Waals surface area contributed by atoms with Crippen LogP contribution in [0.2, 0.25) is 18.1 Å². The second-order valence-corrected chi connectivity index (χ2v) is 17.3. The summed E-state index contributed by atoms with van der Waals surface area (Å²) < 4.78 is 19.1. The first-order valence-corrected chi connectivity index (χ1v) is 18.1. The maximum atomic E-state index is 6.51. The van der Waals surface area contributed by atoms with Crippen LogP contribution in [0.1, 0.15) is 58.1 Å². The van der Waals surface area contributed by atoms with E-state index in [1.165, 1.54) is 0 Å². The topological polar surface area (TPSA) is 86.0 Å². The highest BCUT2D eigenvalue weighted by Gasteiger charge is 2.37. The smallest absolute Gasteiger partial charge is 0.243 e. The summed E-state index contributed by atoms with van der Waals surface area (Å²) in [5, 5.41) is 8.62. The Hall–Kier alpha value is -3.63. The van der Waals surface area contributed by atoms with Crippen molar-refractivity contribution < 1.29 is 13.9 Å². The molecule has 0 aliphatic rings. The molecule has 10 heteroatoms. The van der Waals surface area contributed by atoms with Crippen molar-refractivity contribution in [2.45, 2.75) is 84.2 Å². The van der Waals surface area contributed by atoms with Gasteiger partial charge in [0.1, 0.15) is 11.5 Å². The van der Waals surface area contributed by atoms with Crippen molar-refractivity contribution in [3.8, 4) is 11.5 Å². The molecule has 0 saturated heterocycles. The first-order valence-electron chi connectivity index (χ1n) is 15.2. The molecule has 0 radical (unpaired) electrons. The maximum absolute atomic E-state index is 6.51. The number of rotatable bonds is 15. The molecule has 1 N–H and O–H groups in total. The molecule has 2 heterocycles. The fourth-order valence-corrected chi connectivity index (χ4v) is 5.75. The lowest BCUT2D eigenvalue weighted by molar-refractivity contribution is 0.272. The van der Waals surface area contributed by atoms with Gasteiger partial charge < -0.3 is 24.1 Å². The predicted octanol–water partition coefficient (Wildman–Crippen LogP) is 7.34. The molecule has 0 fully saturated rings. The first-order chi connectivity index (χ1) is 20.5. The number of aromatic nitrogens is 4. The number of nitrogens with one attached hydrogen (secondary N) is 1. The molecule has 1 unspecified atom stereocenters. The number of nitrogens with zero attached hydrogens (tertiary/aromatic N) is 5. The monoisotopic (exact) mass is 604 g/mol. The van der Waals surface area contributed by atoms with Crippen molar-refractivity contribution in [3.05, 3.63) is 72.1 Å². The van der Waals surface area contributed by atoms with Gasteiger partial charge in [0.25, 0.3) is 0 Å². The van der Waals surface area contributed by atoms with Crippen LogP contribution in [0.4, 0.5) is 11.8 Å². The molecule has 0 spiro atoms. The second-order valence-electron chi connectivity index (χ2n) is 12.5. The molecule has 0 saturated carbocycles. The van der Waals surface area contributed by atoms with Crippen LogP contribution in [0, 0.1) is 0 Å². The third-order valence-corrected chi connectivity index (χ3v) is 12.8. The van der Waals surface area contributed by atoms with Gasteiger partial charge in [-0.15, -0.1) is 5.10 Å². The van der Waals surface area contributed by atoms with Crippen LogP contribution < -0.4 is 19.7 Å². The summed E-state index contributed by atoms with van der Waals surface area (Å²) >= 11 is 0. The van der Waals surface area contributed by atoms with Gasteiger partial charge in [-0.2, -0.15) is 4.98 Å². The average molecular weight is 605 g/mol. The first kappa shape index (κ1) is 32.3. The van der Waals surface area contributed by atoms with Crippen LogP contribution in [0.15, 0.2) is 60.9 Å². The third-order valence-electron chi connectivity index (χ3n) is 8.31. The molecular weight excluding hydrogens is 556 g/mol. The van der Waals surface area contributed by atoms with Gasteiger partial charge in [0.05, 0.1) is 14.2 Å². The minimum absolute atomic E-state index is 0.183. The summed E-state index contributed by atoms with van der Waals surface area (Å²) in [6, 6.07) is 16.5. The van der Waals surface area contributed by atoms with E-state index < -0.39 is 8.32 Å². The van der Waals surface area contributed by atoms with Crippen LogP contribution in [0.3, 0.4) is 0 Å². The molecular formula is C33H48N6O3Si. The Labute approximate surface area is 257 Å². The predicted molar refractivity (Wildman–Crippen MR) is 177 cm³/mol. The van der Waals surface area contributed by atoms with Gasteiger partial charge in [-0.3, -0.25) is 0 Å². The summed E-state index contributed by atoms with van der Waals surface area (Å²) in [6.07, 6.45) is 6.59. The van der Waals surface area contributed by atoms with E-state index in [0.29, 0.717) is 24.7 Å². The second kappa shape index (κ2) is 14.2. The van der Waals surface area contributed by atoms with Crippen LogP contribution >= 0.6 is 0 Å². The highest BCUT2D eigenvalue weighted by Crippen LogP contribution is 2.36. The van der Waals surface area contributed by atoms with Gasteiger partial charge in [0.15, 0.2) is 19.8 Å². The number of imidazole rings is 1. The summed E-state index contributed by atoms with van der Waals surface area (Å²) in [5.74, 6) is 3.01. The Balaban J connectivity index is 1.63. The van der Waals surface area contributed by atoms with E-state index in [-0.39, 0.29) is 11.1 Å². The van der Waals surface area contributed by atoms with Gasteiger partial charge in [-0.1, -0.05) is 58.4 Å². The lowest BCUT2D eigenvalue weighted by Gasteiger charge is -2.36. The number of anilines is 2. The van der Waals surface area contributed by atoms with E-state index in [4.69, 9.17) is 24.0 Å². The molecule has 4 aromatic rings. The number of hydrogen-bond acceptors (Lipinski definition) is 8. The van der Waals surface area contributed by atoms with E-state index in [1.54, 1.807) is 20.4 Å². The van der Waals surface area contributed by atoms with Gasteiger partial charge in [0, 0.05) is 38.1 Å². The molecule has 4 rings (SSSR count). The molecule has 9 nitrogen and oxygen atoms in total. The Morgan fingerprint density at radius 1 is 0.907 bits per heavy atom. The van der Waals surface area contributed by atoms with Crippen molar-refractivity contribution >= 4 is 25.7 Å². The van der Waals surface area contributed by atoms with Crippen molar-refractivity contribution in [1.82, 2.24) is 19.6 Å². The van der Waals surface area contributed by atoms with E-state index in [2.05, 4.69) is 80.3 Å². The number of ether oxygens (including phenoxy) is 2. The third kappa shape index (κ3) is 8.48. The van der Waals surface area contributed by atoms with Gasteiger partial charge in [0.2, 0.25) is 5.95 Å². The molecule has 43 heavy (non-hydrogen) atoms. The van der Waals surface area contributed by atoms with E-state index >= 15 is 0 Å². The number of methoxy groups -OCH3 is 2. The fraction of sp³-hybridized carbons (Fsp3) is 0.485. The van der Waals surface area contributed by atoms with E-state index in [9.17, 15) is 0 Å². The molecule has 0 aliphatic carbocycles. The lowest BCUT2D eigenvalue weighted by Crippen LogP contribution is -2.41. The van der Waals surface area contributed by atoms with E-state index in [0.717, 1.165) is 54.3 Å². The molecule has 232 valence electrons. The van der Waals surface area contributed by atoms with Crippen molar-refractivity contribution in [2.75, 3.05) is 31.0 Å². The van der Waals surface area contributed by atoms with Gasteiger partial charge in [-0.25, -0.2) is 9.50 Å². The summed E-state index contributed by atoms with van der Waals surface area (Å²) in [7, 11) is 1.54. The van der Waals surface area contributed by atoms with Crippen LogP contribution in [-0.4, -0.2) is 54.8 Å². The summed E-state index contributed by atoms with van der Waals surface area (Å²) in [4.78, 5) is 12.0. The van der Waals surface area contributed by atoms with Crippen LogP contribution in [0.25, 0.3) is 5.65 Å². The van der Waals surface area contributed by atoms with Crippen molar-refractivity contribution in [3.63, 3.8) is 0 Å². The fourth-order valence-electron chi connectivity index (χ4n) is 4.69. The minimum Gasteiger partial charge on any atom is -0.497 e. The van der Waals surface area contributed by atoms with Gasteiger partial charge >= 0.3 is 0 Å². The Bertz CT molecular complexity index is 1380. The number of benzene rings is 2. The molecule has 2 aromatic heterocycles. The normalized spacial score (nSPS) is 12.7. The Kier molecular flexibility index (Phi) is 10.7. The molecule has 0 amide bonds. The molecule has 1 atom stereocenters. The number of hydrogen-bond donors (Lipinski definition) is 1. The molecule has 0 bridgehead atoms. The highest BCUT2D eigenvalue weighted by atomic mass is 28.4. The van der Waals surface area contributed by atoms with Crippen molar-refractivity contribution in [2.24, 2.45) is 0 Å². The van der Waals surface area contributed by atoms with Gasteiger partial charge in [-0.05, 0) is 66.4 Å². The minimum atomic E-state index is -1.82. The zero-order valence-electron chi connectivity index (χ0n) is 27.1. The zero-order valence-corrected chi connectivity index (χ0v) is 28.1. The average Bonchev–Trinajstić information content (AvgIpc) is 3.45. The molecule has 0 aliphatic heterocycles. The number of fused-ring (bicyclic) bond motifs is 1. The molecule has 2 aromatic carbocycles. The van der Waals surface area contributed by atoms with Crippen LogP contribution in [0.5, 0.6) is 11.5 Å². The summed E-state index contributed by atoms with van der Waals surface area (Å²) in [5.41, 5.74) is 2.98. The quantitative estimate of drug-likeness (QED) is 0.141.